The van der Waals surface area contributed by atoms with Crippen LogP contribution in [0.4, 0.5) is 10.1 Å². The molecule has 0 radical (unpaired) electrons. The Hall–Kier alpha value is -2.97. The molecular weight excluding hydrogens is 485 g/mol. The lowest BCUT2D eigenvalue weighted by atomic mass is 10.1. The topological polar surface area (TPSA) is 62.3 Å². The number of carbonyl (C=O) groups is 2. The van der Waals surface area contributed by atoms with Crippen LogP contribution < -0.4 is 9.64 Å². The molecule has 8 heteroatoms. The molecule has 2 amide bonds. The van der Waals surface area contributed by atoms with E-state index in [0.717, 1.165) is 43.8 Å². The molecule has 208 valence electrons. The Labute approximate surface area is 226 Å². The van der Waals surface area contributed by atoms with Crippen LogP contribution in [0.1, 0.15) is 44.7 Å². The summed E-state index contributed by atoms with van der Waals surface area (Å²) in [5, 5.41) is 0. The van der Waals surface area contributed by atoms with Crippen LogP contribution in [0.5, 0.6) is 5.75 Å². The number of nitrogens with zero attached hydrogens (tertiary/aromatic N) is 3. The van der Waals surface area contributed by atoms with Crippen LogP contribution in [0.25, 0.3) is 0 Å². The van der Waals surface area contributed by atoms with Crippen LogP contribution in [0.2, 0.25) is 0 Å². The third-order valence-corrected chi connectivity index (χ3v) is 6.59. The molecule has 0 aromatic heterocycles. The highest BCUT2D eigenvalue weighted by Crippen LogP contribution is 2.26. The number of ether oxygens (including phenoxy) is 2. The van der Waals surface area contributed by atoms with Crippen molar-refractivity contribution in [3.05, 3.63) is 59.4 Å². The molecule has 0 N–H and O–H groups in total. The zero-order valence-electron chi connectivity index (χ0n) is 23.2. The van der Waals surface area contributed by atoms with Crippen molar-refractivity contribution in [2.45, 2.75) is 46.6 Å². The van der Waals surface area contributed by atoms with E-state index in [2.05, 4.69) is 18.7 Å². The standard InChI is InChI=1S/C30H42FN3O4/c1-5-38-27-11-8-24(9-12-27)18-29(35)33-16-6-14-32(20-23(2)3)15-7-17-34(30(36)22-37-4)28-13-10-26(31)19-25(28)21-33/h8-13,19,23H,5-7,14-18,20-22H2,1-4H3. The number of fused-ring (bicyclic) bond motifs is 1. The Bertz CT molecular complexity index is 1040. The maximum absolute atomic E-state index is 14.4. The minimum absolute atomic E-state index is 0.0355. The maximum atomic E-state index is 14.4. The van der Waals surface area contributed by atoms with E-state index >= 15 is 0 Å². The minimum atomic E-state index is -0.392. The lowest BCUT2D eigenvalue weighted by molar-refractivity contribution is -0.131. The molecule has 38 heavy (non-hydrogen) atoms. The van der Waals surface area contributed by atoms with Crippen LogP contribution in [0, 0.1) is 11.7 Å². The molecule has 0 unspecified atom stereocenters. The van der Waals surface area contributed by atoms with E-state index in [9.17, 15) is 14.0 Å². The van der Waals surface area contributed by atoms with Gasteiger partial charge in [0.25, 0.3) is 5.91 Å². The van der Waals surface area contributed by atoms with Crippen LogP contribution >= 0.6 is 0 Å². The Morgan fingerprint density at radius 1 is 0.974 bits per heavy atom. The Kier molecular flexibility index (Phi) is 11.5. The fourth-order valence-electron chi connectivity index (χ4n) is 4.93. The summed E-state index contributed by atoms with van der Waals surface area (Å²) in [6, 6.07) is 12.0. The van der Waals surface area contributed by atoms with Gasteiger partial charge in [-0.15, -0.1) is 0 Å². The summed E-state index contributed by atoms with van der Waals surface area (Å²) in [7, 11) is 1.49. The first-order valence-corrected chi connectivity index (χ1v) is 13.6. The molecule has 0 atom stereocenters. The van der Waals surface area contributed by atoms with Gasteiger partial charge in [-0.05, 0) is 80.2 Å². The summed E-state index contributed by atoms with van der Waals surface area (Å²) < 4.78 is 25.1. The SMILES string of the molecule is CCOc1ccc(CC(=O)N2CCCN(CC(C)C)CCCN(C(=O)COC)c3ccc(F)cc3C2)cc1. The third kappa shape index (κ3) is 8.81. The molecule has 1 aliphatic rings. The van der Waals surface area contributed by atoms with Crippen molar-refractivity contribution in [1.29, 1.82) is 0 Å². The van der Waals surface area contributed by atoms with E-state index in [0.29, 0.717) is 36.9 Å². The second kappa shape index (κ2) is 14.8. The number of benzene rings is 2. The first-order valence-electron chi connectivity index (χ1n) is 13.6. The molecule has 0 saturated heterocycles. The Morgan fingerprint density at radius 3 is 2.34 bits per heavy atom. The van der Waals surface area contributed by atoms with Crippen molar-refractivity contribution in [2.24, 2.45) is 5.92 Å². The second-order valence-electron chi connectivity index (χ2n) is 10.2. The predicted octanol–water partition coefficient (Wildman–Crippen LogP) is 4.53. The molecule has 7 nitrogen and oxygen atoms in total. The number of amides is 2. The van der Waals surface area contributed by atoms with Crippen molar-refractivity contribution in [2.75, 3.05) is 57.9 Å². The summed E-state index contributed by atoms with van der Waals surface area (Å²) in [5.41, 5.74) is 2.14. The van der Waals surface area contributed by atoms with Gasteiger partial charge in [0, 0.05) is 39.0 Å². The molecule has 0 fully saturated rings. The Balaban J connectivity index is 1.91. The number of carbonyl (C=O) groups excluding carboxylic acids is 2. The molecule has 0 bridgehead atoms. The van der Waals surface area contributed by atoms with Gasteiger partial charge >= 0.3 is 0 Å². The van der Waals surface area contributed by atoms with Crippen molar-refractivity contribution in [3.63, 3.8) is 0 Å². The normalized spacial score (nSPS) is 15.5. The molecule has 0 aliphatic carbocycles. The fraction of sp³-hybridized carbons (Fsp3) is 0.533. The van der Waals surface area contributed by atoms with E-state index in [1.807, 2.05) is 31.2 Å². The molecule has 0 saturated carbocycles. The smallest absolute Gasteiger partial charge is 0.252 e. The monoisotopic (exact) mass is 527 g/mol. The Morgan fingerprint density at radius 2 is 1.68 bits per heavy atom. The molecule has 3 rings (SSSR count). The van der Waals surface area contributed by atoms with E-state index in [-0.39, 0.29) is 31.4 Å². The highest BCUT2D eigenvalue weighted by Gasteiger charge is 2.24. The zero-order valence-corrected chi connectivity index (χ0v) is 23.2. The van der Waals surface area contributed by atoms with Gasteiger partial charge < -0.3 is 24.2 Å². The zero-order chi connectivity index (χ0) is 27.5. The summed E-state index contributed by atoms with van der Waals surface area (Å²) in [5.74, 6) is 0.671. The molecule has 2 aromatic carbocycles. The lowest BCUT2D eigenvalue weighted by Crippen LogP contribution is -2.41. The van der Waals surface area contributed by atoms with E-state index < -0.39 is 5.82 Å². The van der Waals surface area contributed by atoms with Crippen LogP contribution in [0.15, 0.2) is 42.5 Å². The van der Waals surface area contributed by atoms with Crippen molar-refractivity contribution < 1.29 is 23.5 Å². The number of hydrogen-bond acceptors (Lipinski definition) is 5. The largest absolute Gasteiger partial charge is 0.494 e. The van der Waals surface area contributed by atoms with Crippen molar-refractivity contribution in [1.82, 2.24) is 9.80 Å². The van der Waals surface area contributed by atoms with Gasteiger partial charge in [0.15, 0.2) is 0 Å². The third-order valence-electron chi connectivity index (χ3n) is 6.59. The van der Waals surface area contributed by atoms with Crippen LogP contribution in [0.3, 0.4) is 0 Å². The fourth-order valence-corrected chi connectivity index (χ4v) is 4.93. The van der Waals surface area contributed by atoms with Gasteiger partial charge in [-0.2, -0.15) is 0 Å². The van der Waals surface area contributed by atoms with Gasteiger partial charge in [0.05, 0.1) is 13.0 Å². The molecule has 1 heterocycles. The lowest BCUT2D eigenvalue weighted by Gasteiger charge is -2.32. The van der Waals surface area contributed by atoms with Gasteiger partial charge in [0.2, 0.25) is 5.91 Å². The second-order valence-corrected chi connectivity index (χ2v) is 10.2. The van der Waals surface area contributed by atoms with Crippen LogP contribution in [-0.4, -0.2) is 74.7 Å². The van der Waals surface area contributed by atoms with E-state index in [1.54, 1.807) is 15.9 Å². The quantitative estimate of drug-likeness (QED) is 0.505. The molecule has 1 aliphatic heterocycles. The average Bonchev–Trinajstić information content (AvgIpc) is 2.86. The van der Waals surface area contributed by atoms with Crippen molar-refractivity contribution in [3.8, 4) is 5.75 Å². The average molecular weight is 528 g/mol. The van der Waals surface area contributed by atoms with Gasteiger partial charge in [0.1, 0.15) is 18.2 Å². The number of rotatable bonds is 8. The number of methoxy groups -OCH3 is 1. The summed E-state index contributed by atoms with van der Waals surface area (Å²) in [6.45, 7) is 10.8. The first-order chi connectivity index (χ1) is 18.3. The number of hydrogen-bond donors (Lipinski definition) is 0. The molecular formula is C30H42FN3O4. The predicted molar refractivity (Wildman–Crippen MR) is 148 cm³/mol. The van der Waals surface area contributed by atoms with Gasteiger partial charge in [-0.1, -0.05) is 26.0 Å². The number of halogens is 1. The van der Waals surface area contributed by atoms with Crippen LogP contribution in [-0.2, 0) is 27.3 Å². The summed E-state index contributed by atoms with van der Waals surface area (Å²) in [6.07, 6.45) is 1.84. The summed E-state index contributed by atoms with van der Waals surface area (Å²) in [4.78, 5) is 32.5. The number of anilines is 1. The van der Waals surface area contributed by atoms with Gasteiger partial charge in [-0.25, -0.2) is 4.39 Å². The summed E-state index contributed by atoms with van der Waals surface area (Å²) >= 11 is 0. The highest BCUT2D eigenvalue weighted by atomic mass is 19.1. The van der Waals surface area contributed by atoms with Gasteiger partial charge in [-0.3, -0.25) is 9.59 Å². The maximum Gasteiger partial charge on any atom is 0.252 e. The molecule has 2 aromatic rings. The van der Waals surface area contributed by atoms with E-state index in [4.69, 9.17) is 9.47 Å². The first kappa shape index (κ1) is 29.6. The molecule has 0 spiro atoms. The minimum Gasteiger partial charge on any atom is -0.494 e. The van der Waals surface area contributed by atoms with E-state index in [1.165, 1.54) is 19.2 Å². The van der Waals surface area contributed by atoms with Crippen molar-refractivity contribution >= 4 is 17.5 Å². The highest BCUT2D eigenvalue weighted by molar-refractivity contribution is 5.95.